The summed E-state index contributed by atoms with van der Waals surface area (Å²) in [4.78, 5) is 24.3. The predicted octanol–water partition coefficient (Wildman–Crippen LogP) is 2.15. The van der Waals surface area contributed by atoms with Crippen molar-refractivity contribution in [2.75, 3.05) is 25.0 Å². The highest BCUT2D eigenvalue weighted by molar-refractivity contribution is 9.10. The molecular weight excluding hydrogens is 300 g/mol. The molecule has 2 amide bonds. The number of nitrogens with one attached hydrogen (secondary N) is 1. The van der Waals surface area contributed by atoms with Gasteiger partial charge in [0.05, 0.1) is 6.54 Å². The fraction of sp³-hybridized carbons (Fsp3) is 0.333. The first-order valence-corrected chi connectivity index (χ1v) is 6.33. The number of nitrogens with zero attached hydrogens (tertiary/aromatic N) is 1. The SMILES string of the molecule is Cc1cc(Br)ccc1NC(=O)CN1CCOC1=O. The molecule has 0 aromatic heterocycles. The molecule has 1 aromatic rings. The molecule has 1 fully saturated rings. The lowest BCUT2D eigenvalue weighted by Gasteiger charge is -2.13. The van der Waals surface area contributed by atoms with Crippen molar-refractivity contribution < 1.29 is 14.3 Å². The molecule has 6 heteroatoms. The maximum absolute atomic E-state index is 11.8. The van der Waals surface area contributed by atoms with E-state index in [0.717, 1.165) is 15.7 Å². The van der Waals surface area contributed by atoms with E-state index in [1.54, 1.807) is 0 Å². The topological polar surface area (TPSA) is 58.6 Å². The minimum Gasteiger partial charge on any atom is -0.448 e. The number of halogens is 1. The second kappa shape index (κ2) is 5.39. The number of cyclic esters (lactones) is 1. The van der Waals surface area contributed by atoms with E-state index in [9.17, 15) is 9.59 Å². The zero-order valence-corrected chi connectivity index (χ0v) is 11.5. The Bertz CT molecular complexity index is 490. The molecule has 1 saturated heterocycles. The summed E-state index contributed by atoms with van der Waals surface area (Å²) >= 11 is 3.36. The van der Waals surface area contributed by atoms with Crippen molar-refractivity contribution in [3.05, 3.63) is 28.2 Å². The third-order valence-corrected chi connectivity index (χ3v) is 3.14. The molecular formula is C12H13BrN2O3. The van der Waals surface area contributed by atoms with Crippen LogP contribution in [0.1, 0.15) is 5.56 Å². The number of carbonyl (C=O) groups excluding carboxylic acids is 2. The molecule has 0 radical (unpaired) electrons. The molecule has 1 aliphatic rings. The van der Waals surface area contributed by atoms with Gasteiger partial charge in [-0.2, -0.15) is 0 Å². The summed E-state index contributed by atoms with van der Waals surface area (Å²) in [7, 11) is 0. The molecule has 5 nitrogen and oxygen atoms in total. The van der Waals surface area contributed by atoms with Crippen molar-refractivity contribution in [1.82, 2.24) is 4.90 Å². The third-order valence-electron chi connectivity index (χ3n) is 2.64. The standard InChI is InChI=1S/C12H13BrN2O3/c1-8-6-9(13)2-3-10(8)14-11(16)7-15-4-5-18-12(15)17/h2-3,6H,4-5,7H2,1H3,(H,14,16). The first-order chi connectivity index (χ1) is 8.56. The Hall–Kier alpha value is -1.56. The molecule has 0 bridgehead atoms. The molecule has 96 valence electrons. The van der Waals surface area contributed by atoms with Crippen LogP contribution in [0, 0.1) is 6.92 Å². The molecule has 2 rings (SSSR count). The summed E-state index contributed by atoms with van der Waals surface area (Å²) < 4.78 is 5.72. The number of amides is 2. The molecule has 1 aromatic carbocycles. The van der Waals surface area contributed by atoms with Crippen molar-refractivity contribution in [3.63, 3.8) is 0 Å². The van der Waals surface area contributed by atoms with Crippen molar-refractivity contribution in [3.8, 4) is 0 Å². The van der Waals surface area contributed by atoms with Crippen LogP contribution in [0.4, 0.5) is 10.5 Å². The molecule has 18 heavy (non-hydrogen) atoms. The number of rotatable bonds is 3. The average Bonchev–Trinajstić information content (AvgIpc) is 2.69. The summed E-state index contributed by atoms with van der Waals surface area (Å²) in [6.07, 6.45) is -0.433. The first-order valence-electron chi connectivity index (χ1n) is 5.54. The second-order valence-electron chi connectivity index (χ2n) is 4.04. The summed E-state index contributed by atoms with van der Waals surface area (Å²) in [6.45, 7) is 2.74. The molecule has 1 aliphatic heterocycles. The number of anilines is 1. The maximum atomic E-state index is 11.8. The van der Waals surface area contributed by atoms with Crippen LogP contribution in [0.2, 0.25) is 0 Å². The van der Waals surface area contributed by atoms with E-state index in [1.165, 1.54) is 4.90 Å². The quantitative estimate of drug-likeness (QED) is 0.930. The van der Waals surface area contributed by atoms with Gasteiger partial charge in [-0.25, -0.2) is 4.79 Å². The molecule has 1 heterocycles. The van der Waals surface area contributed by atoms with E-state index >= 15 is 0 Å². The van der Waals surface area contributed by atoms with Crippen LogP contribution in [-0.4, -0.2) is 36.6 Å². The lowest BCUT2D eigenvalue weighted by Crippen LogP contribution is -2.33. The second-order valence-corrected chi connectivity index (χ2v) is 4.96. The van der Waals surface area contributed by atoms with Crippen LogP contribution in [0.3, 0.4) is 0 Å². The van der Waals surface area contributed by atoms with Gasteiger partial charge in [-0.3, -0.25) is 9.69 Å². The zero-order chi connectivity index (χ0) is 13.1. The van der Waals surface area contributed by atoms with Gasteiger partial charge < -0.3 is 10.1 Å². The first kappa shape index (κ1) is 12.9. The minimum atomic E-state index is -0.433. The van der Waals surface area contributed by atoms with E-state index in [4.69, 9.17) is 4.74 Å². The number of benzene rings is 1. The minimum absolute atomic E-state index is 0.0222. The van der Waals surface area contributed by atoms with Crippen molar-refractivity contribution in [2.45, 2.75) is 6.92 Å². The molecule has 0 saturated carbocycles. The molecule has 0 atom stereocenters. The molecule has 0 aliphatic carbocycles. The Kier molecular flexibility index (Phi) is 3.86. The fourth-order valence-electron chi connectivity index (χ4n) is 1.70. The molecule has 0 spiro atoms. The van der Waals surface area contributed by atoms with Gasteiger partial charge in [0, 0.05) is 10.2 Å². The molecule has 0 unspecified atom stereocenters. The lowest BCUT2D eigenvalue weighted by atomic mass is 10.2. The van der Waals surface area contributed by atoms with Crippen LogP contribution in [0.15, 0.2) is 22.7 Å². The Labute approximate surface area is 113 Å². The number of hydrogen-bond acceptors (Lipinski definition) is 3. The van der Waals surface area contributed by atoms with Crippen LogP contribution >= 0.6 is 15.9 Å². The van der Waals surface area contributed by atoms with E-state index in [0.29, 0.717) is 13.2 Å². The number of ether oxygens (including phenoxy) is 1. The van der Waals surface area contributed by atoms with Gasteiger partial charge in [-0.15, -0.1) is 0 Å². The smallest absolute Gasteiger partial charge is 0.410 e. The largest absolute Gasteiger partial charge is 0.448 e. The van der Waals surface area contributed by atoms with Crippen molar-refractivity contribution in [1.29, 1.82) is 0 Å². The Balaban J connectivity index is 1.96. The van der Waals surface area contributed by atoms with Gasteiger partial charge in [-0.1, -0.05) is 15.9 Å². The zero-order valence-electron chi connectivity index (χ0n) is 9.90. The lowest BCUT2D eigenvalue weighted by molar-refractivity contribution is -0.116. The number of carbonyl (C=O) groups is 2. The van der Waals surface area contributed by atoms with Crippen LogP contribution < -0.4 is 5.32 Å². The van der Waals surface area contributed by atoms with Crippen molar-refractivity contribution in [2.24, 2.45) is 0 Å². The van der Waals surface area contributed by atoms with Crippen molar-refractivity contribution >= 4 is 33.6 Å². The van der Waals surface area contributed by atoms with Gasteiger partial charge in [0.25, 0.3) is 0 Å². The monoisotopic (exact) mass is 312 g/mol. The van der Waals surface area contributed by atoms with Gasteiger partial charge >= 0.3 is 6.09 Å². The highest BCUT2D eigenvalue weighted by Gasteiger charge is 2.24. The van der Waals surface area contributed by atoms with E-state index in [2.05, 4.69) is 21.2 Å². The normalized spacial score (nSPS) is 14.6. The van der Waals surface area contributed by atoms with Crippen LogP contribution in [-0.2, 0) is 9.53 Å². The fourth-order valence-corrected chi connectivity index (χ4v) is 2.18. The number of aryl methyl sites for hydroxylation is 1. The average molecular weight is 313 g/mol. The third kappa shape index (κ3) is 3.01. The predicted molar refractivity (Wildman–Crippen MR) is 70.4 cm³/mol. The summed E-state index contributed by atoms with van der Waals surface area (Å²) in [6, 6.07) is 5.59. The highest BCUT2D eigenvalue weighted by Crippen LogP contribution is 2.20. The number of hydrogen-bond donors (Lipinski definition) is 1. The molecule has 1 N–H and O–H groups in total. The van der Waals surface area contributed by atoms with Gasteiger partial charge in [0.15, 0.2) is 0 Å². The Morgan fingerprint density at radius 1 is 1.56 bits per heavy atom. The Morgan fingerprint density at radius 2 is 2.33 bits per heavy atom. The van der Waals surface area contributed by atoms with E-state index in [-0.39, 0.29) is 12.5 Å². The Morgan fingerprint density at radius 3 is 2.94 bits per heavy atom. The van der Waals surface area contributed by atoms with Gasteiger partial charge in [0.2, 0.25) is 5.91 Å². The van der Waals surface area contributed by atoms with E-state index in [1.807, 2.05) is 25.1 Å². The summed E-state index contributed by atoms with van der Waals surface area (Å²) in [5.74, 6) is -0.223. The van der Waals surface area contributed by atoms with Gasteiger partial charge in [-0.05, 0) is 30.7 Å². The summed E-state index contributed by atoms with van der Waals surface area (Å²) in [5, 5.41) is 2.78. The van der Waals surface area contributed by atoms with Gasteiger partial charge in [0.1, 0.15) is 13.2 Å². The van der Waals surface area contributed by atoms with Crippen LogP contribution in [0.5, 0.6) is 0 Å². The highest BCUT2D eigenvalue weighted by atomic mass is 79.9. The summed E-state index contributed by atoms with van der Waals surface area (Å²) in [5.41, 5.74) is 1.71. The van der Waals surface area contributed by atoms with Crippen LogP contribution in [0.25, 0.3) is 0 Å². The van der Waals surface area contributed by atoms with E-state index < -0.39 is 6.09 Å². The maximum Gasteiger partial charge on any atom is 0.410 e.